The van der Waals surface area contributed by atoms with Crippen molar-refractivity contribution in [3.8, 4) is 5.75 Å². The van der Waals surface area contributed by atoms with Gasteiger partial charge in [0.05, 0.1) is 25.3 Å². The van der Waals surface area contributed by atoms with Crippen molar-refractivity contribution in [2.45, 2.75) is 38.6 Å². The van der Waals surface area contributed by atoms with Gasteiger partial charge in [-0.1, -0.05) is 25.0 Å². The fourth-order valence-corrected chi connectivity index (χ4v) is 3.78. The number of ether oxygens (including phenoxy) is 2. The van der Waals surface area contributed by atoms with Crippen LogP contribution < -0.4 is 15.4 Å². The molecule has 28 heavy (non-hydrogen) atoms. The molecule has 2 heterocycles. The van der Waals surface area contributed by atoms with Crippen LogP contribution in [0.25, 0.3) is 0 Å². The van der Waals surface area contributed by atoms with E-state index in [4.69, 9.17) is 9.47 Å². The van der Waals surface area contributed by atoms with Crippen LogP contribution in [-0.2, 0) is 9.53 Å². The van der Waals surface area contributed by atoms with Crippen LogP contribution >= 0.6 is 0 Å². The van der Waals surface area contributed by atoms with E-state index in [0.29, 0.717) is 24.4 Å². The summed E-state index contributed by atoms with van der Waals surface area (Å²) in [6, 6.07) is 6.56. The highest BCUT2D eigenvalue weighted by Gasteiger charge is 2.34. The maximum atomic E-state index is 12.6. The molecule has 0 radical (unpaired) electrons. The summed E-state index contributed by atoms with van der Waals surface area (Å²) in [5.74, 6) is 0.316. The van der Waals surface area contributed by atoms with E-state index in [-0.39, 0.29) is 6.03 Å². The minimum atomic E-state index is -0.557. The maximum Gasteiger partial charge on any atom is 0.338 e. The number of nitrogens with zero attached hydrogens (tertiary/aromatic N) is 1. The van der Waals surface area contributed by atoms with Gasteiger partial charge in [0.1, 0.15) is 5.75 Å². The molecule has 1 saturated heterocycles. The molecule has 3 rings (SSSR count). The Morgan fingerprint density at radius 1 is 1.14 bits per heavy atom. The largest absolute Gasteiger partial charge is 0.494 e. The van der Waals surface area contributed by atoms with Gasteiger partial charge in [-0.3, -0.25) is 4.90 Å². The Labute approximate surface area is 166 Å². The zero-order valence-electron chi connectivity index (χ0n) is 16.6. The van der Waals surface area contributed by atoms with Crippen LogP contribution in [0, 0.1) is 0 Å². The number of rotatable bonds is 6. The standard InChI is InChI=1S/C21H29N3O4/c1-3-28-16-10-8-15(9-11-16)19-18(20(25)27-2)17(22-21(26)23-19)14-24-12-6-4-5-7-13-24/h8-11,19H,3-7,12-14H2,1-2H3,(H2,22,23,26). The Balaban J connectivity index is 1.92. The first kappa shape index (κ1) is 20.2. The van der Waals surface area contributed by atoms with Gasteiger partial charge in [-0.05, 0) is 50.6 Å². The van der Waals surface area contributed by atoms with E-state index in [1.807, 2.05) is 31.2 Å². The molecule has 152 valence electrons. The SMILES string of the molecule is CCOc1ccc(C2NC(=O)NC(CN3CCCCCC3)=C2C(=O)OC)cc1. The van der Waals surface area contributed by atoms with Crippen LogP contribution in [-0.4, -0.2) is 50.3 Å². The second kappa shape index (κ2) is 9.59. The predicted molar refractivity (Wildman–Crippen MR) is 106 cm³/mol. The molecule has 1 aromatic carbocycles. The molecule has 0 saturated carbocycles. The summed E-state index contributed by atoms with van der Waals surface area (Å²) in [5.41, 5.74) is 1.89. The number of nitrogens with one attached hydrogen (secondary N) is 2. The number of methoxy groups -OCH3 is 1. The molecule has 1 atom stereocenters. The normalized spacial score (nSPS) is 20.8. The molecule has 7 nitrogen and oxygen atoms in total. The third kappa shape index (κ3) is 4.84. The van der Waals surface area contributed by atoms with Crippen LogP contribution in [0.1, 0.15) is 44.2 Å². The fourth-order valence-electron chi connectivity index (χ4n) is 3.78. The molecule has 2 N–H and O–H groups in total. The molecular weight excluding hydrogens is 358 g/mol. The van der Waals surface area contributed by atoms with Crippen molar-refractivity contribution in [1.29, 1.82) is 0 Å². The molecule has 7 heteroatoms. The predicted octanol–water partition coefficient (Wildman–Crippen LogP) is 2.74. The fraction of sp³-hybridized carbons (Fsp3) is 0.524. The first-order chi connectivity index (χ1) is 13.6. The quantitative estimate of drug-likeness (QED) is 0.734. The van der Waals surface area contributed by atoms with E-state index in [9.17, 15) is 9.59 Å². The van der Waals surface area contributed by atoms with Crippen LogP contribution in [0.5, 0.6) is 5.75 Å². The van der Waals surface area contributed by atoms with Gasteiger partial charge in [0.25, 0.3) is 0 Å². The number of hydrogen-bond donors (Lipinski definition) is 2. The Morgan fingerprint density at radius 3 is 2.43 bits per heavy atom. The van der Waals surface area contributed by atoms with E-state index in [1.165, 1.54) is 20.0 Å². The average Bonchev–Trinajstić information content (AvgIpc) is 2.96. The van der Waals surface area contributed by atoms with Crippen LogP contribution in [0.3, 0.4) is 0 Å². The van der Waals surface area contributed by atoms with Crippen molar-refractivity contribution in [3.63, 3.8) is 0 Å². The Morgan fingerprint density at radius 2 is 1.82 bits per heavy atom. The minimum absolute atomic E-state index is 0.309. The van der Waals surface area contributed by atoms with E-state index < -0.39 is 12.0 Å². The molecule has 0 spiro atoms. The smallest absolute Gasteiger partial charge is 0.338 e. The van der Waals surface area contributed by atoms with E-state index >= 15 is 0 Å². The van der Waals surface area contributed by atoms with Gasteiger partial charge in [-0.2, -0.15) is 0 Å². The number of carbonyl (C=O) groups is 2. The molecule has 1 aromatic rings. The van der Waals surface area contributed by atoms with Crippen molar-refractivity contribution < 1.29 is 19.1 Å². The summed E-state index contributed by atoms with van der Waals surface area (Å²) >= 11 is 0. The van der Waals surface area contributed by atoms with E-state index in [0.717, 1.165) is 37.2 Å². The van der Waals surface area contributed by atoms with E-state index in [1.54, 1.807) is 0 Å². The number of urea groups is 1. The molecule has 2 aliphatic rings. The monoisotopic (exact) mass is 387 g/mol. The molecule has 2 aliphatic heterocycles. The molecule has 0 aromatic heterocycles. The Hall–Kier alpha value is -2.54. The number of benzene rings is 1. The van der Waals surface area contributed by atoms with Crippen molar-refractivity contribution in [3.05, 3.63) is 41.1 Å². The number of carbonyl (C=O) groups excluding carboxylic acids is 2. The Bertz CT molecular complexity index is 722. The summed E-state index contributed by atoms with van der Waals surface area (Å²) in [4.78, 5) is 27.3. The van der Waals surface area contributed by atoms with Gasteiger partial charge in [0, 0.05) is 12.2 Å². The second-order valence-electron chi connectivity index (χ2n) is 7.11. The van der Waals surface area contributed by atoms with Crippen molar-refractivity contribution in [2.24, 2.45) is 0 Å². The van der Waals surface area contributed by atoms with Crippen molar-refractivity contribution >= 4 is 12.0 Å². The van der Waals surface area contributed by atoms with Gasteiger partial charge in [0.15, 0.2) is 0 Å². The van der Waals surface area contributed by atoms with E-state index in [2.05, 4.69) is 15.5 Å². The first-order valence-corrected chi connectivity index (χ1v) is 9.96. The highest BCUT2D eigenvalue weighted by Crippen LogP contribution is 2.29. The topological polar surface area (TPSA) is 79.9 Å². The minimum Gasteiger partial charge on any atom is -0.494 e. The van der Waals surface area contributed by atoms with Crippen LogP contribution in [0.15, 0.2) is 35.5 Å². The molecular formula is C21H29N3O4. The van der Waals surface area contributed by atoms with Gasteiger partial charge < -0.3 is 20.1 Å². The van der Waals surface area contributed by atoms with Gasteiger partial charge in [-0.25, -0.2) is 9.59 Å². The van der Waals surface area contributed by atoms with Crippen LogP contribution in [0.4, 0.5) is 4.79 Å². The summed E-state index contributed by atoms with van der Waals surface area (Å²) in [6.45, 7) is 4.97. The van der Waals surface area contributed by atoms with Gasteiger partial charge in [-0.15, -0.1) is 0 Å². The van der Waals surface area contributed by atoms with Crippen molar-refractivity contribution in [2.75, 3.05) is 33.4 Å². The third-order valence-electron chi connectivity index (χ3n) is 5.16. The number of amides is 2. The lowest BCUT2D eigenvalue weighted by molar-refractivity contribution is -0.136. The first-order valence-electron chi connectivity index (χ1n) is 9.96. The number of hydrogen-bond acceptors (Lipinski definition) is 5. The highest BCUT2D eigenvalue weighted by atomic mass is 16.5. The number of likely N-dealkylation sites (tertiary alicyclic amines) is 1. The zero-order valence-corrected chi connectivity index (χ0v) is 16.6. The summed E-state index contributed by atoms with van der Waals surface area (Å²) < 4.78 is 10.5. The number of esters is 1. The molecule has 2 amide bonds. The molecule has 0 aliphatic carbocycles. The molecule has 1 unspecified atom stereocenters. The lowest BCUT2D eigenvalue weighted by atomic mass is 9.95. The van der Waals surface area contributed by atoms with Crippen molar-refractivity contribution in [1.82, 2.24) is 15.5 Å². The lowest BCUT2D eigenvalue weighted by Crippen LogP contribution is -2.48. The third-order valence-corrected chi connectivity index (χ3v) is 5.16. The van der Waals surface area contributed by atoms with Gasteiger partial charge >= 0.3 is 12.0 Å². The second-order valence-corrected chi connectivity index (χ2v) is 7.11. The van der Waals surface area contributed by atoms with Gasteiger partial charge in [0.2, 0.25) is 0 Å². The lowest BCUT2D eigenvalue weighted by Gasteiger charge is -2.31. The summed E-state index contributed by atoms with van der Waals surface area (Å²) in [7, 11) is 1.37. The maximum absolute atomic E-state index is 12.6. The molecule has 0 bridgehead atoms. The highest BCUT2D eigenvalue weighted by molar-refractivity contribution is 5.95. The Kier molecular flexibility index (Phi) is 6.92. The van der Waals surface area contributed by atoms with Crippen LogP contribution in [0.2, 0.25) is 0 Å². The molecule has 1 fully saturated rings. The summed E-state index contributed by atoms with van der Waals surface area (Å²) in [6.07, 6.45) is 4.72. The zero-order chi connectivity index (χ0) is 19.9. The average molecular weight is 387 g/mol. The summed E-state index contributed by atoms with van der Waals surface area (Å²) in [5, 5.41) is 5.70.